The lowest BCUT2D eigenvalue weighted by atomic mass is 10.0. The highest BCUT2D eigenvalue weighted by Crippen LogP contribution is 2.34. The number of H-pyrrole nitrogens is 1. The van der Waals surface area contributed by atoms with Gasteiger partial charge in [-0.25, -0.2) is 0 Å². The molecule has 0 aliphatic rings. The molecule has 0 fully saturated rings. The molecule has 19 heavy (non-hydrogen) atoms. The van der Waals surface area contributed by atoms with Crippen LogP contribution in [-0.2, 0) is 0 Å². The molecule has 3 rings (SSSR count). The molecule has 0 aliphatic carbocycles. The van der Waals surface area contributed by atoms with Crippen molar-refractivity contribution in [3.63, 3.8) is 0 Å². The number of anilines is 1. The third-order valence-corrected chi connectivity index (χ3v) is 3.32. The number of halogens is 1. The maximum absolute atomic E-state index is 5.98. The van der Waals surface area contributed by atoms with Gasteiger partial charge in [0, 0.05) is 10.7 Å². The lowest BCUT2D eigenvalue weighted by molar-refractivity contribution is 1.09. The molecule has 94 valence electrons. The Kier molecular flexibility index (Phi) is 3.05. The zero-order chi connectivity index (χ0) is 13.2. The molecule has 0 spiro atoms. The van der Waals surface area contributed by atoms with Crippen molar-refractivity contribution >= 4 is 21.7 Å². The molecular formula is C14H11BrN4. The van der Waals surface area contributed by atoms with Gasteiger partial charge < -0.3 is 5.73 Å². The van der Waals surface area contributed by atoms with Gasteiger partial charge in [-0.1, -0.05) is 34.1 Å². The predicted molar refractivity (Wildman–Crippen MR) is 79.4 cm³/mol. The molecule has 0 aliphatic heterocycles. The number of nitrogen functional groups attached to an aromatic ring is 1. The topological polar surface area (TPSA) is 67.6 Å². The van der Waals surface area contributed by atoms with Crippen LogP contribution in [0.4, 0.5) is 5.82 Å². The van der Waals surface area contributed by atoms with E-state index in [2.05, 4.69) is 31.1 Å². The van der Waals surface area contributed by atoms with Gasteiger partial charge in [0.05, 0.1) is 17.0 Å². The summed E-state index contributed by atoms with van der Waals surface area (Å²) in [6.07, 6.45) is 1.75. The summed E-state index contributed by atoms with van der Waals surface area (Å²) < 4.78 is 0.998. The number of hydrogen-bond acceptors (Lipinski definition) is 3. The molecule has 0 atom stereocenters. The number of nitrogens with zero attached hydrogens (tertiary/aromatic N) is 2. The van der Waals surface area contributed by atoms with E-state index in [4.69, 9.17) is 5.73 Å². The Hall–Kier alpha value is -2.14. The van der Waals surface area contributed by atoms with Crippen molar-refractivity contribution in [3.8, 4) is 22.5 Å². The van der Waals surface area contributed by atoms with Crippen molar-refractivity contribution in [2.45, 2.75) is 0 Å². The minimum absolute atomic E-state index is 0.471. The SMILES string of the molecule is Nc1n[nH]c(-c2ccccn2)c1-c1cccc(Br)c1. The van der Waals surface area contributed by atoms with E-state index < -0.39 is 0 Å². The van der Waals surface area contributed by atoms with Crippen molar-refractivity contribution < 1.29 is 0 Å². The summed E-state index contributed by atoms with van der Waals surface area (Å²) >= 11 is 3.47. The fraction of sp³-hybridized carbons (Fsp3) is 0. The Labute approximate surface area is 118 Å². The molecule has 0 saturated heterocycles. The monoisotopic (exact) mass is 314 g/mol. The first-order valence-electron chi connectivity index (χ1n) is 5.77. The summed E-state index contributed by atoms with van der Waals surface area (Å²) in [6.45, 7) is 0. The first-order valence-corrected chi connectivity index (χ1v) is 6.56. The lowest BCUT2D eigenvalue weighted by Gasteiger charge is -2.04. The zero-order valence-corrected chi connectivity index (χ0v) is 11.6. The molecule has 3 aromatic rings. The Morgan fingerprint density at radius 1 is 1.11 bits per heavy atom. The number of rotatable bonds is 2. The number of benzene rings is 1. The largest absolute Gasteiger partial charge is 0.382 e. The quantitative estimate of drug-likeness (QED) is 0.761. The van der Waals surface area contributed by atoms with Crippen molar-refractivity contribution in [1.29, 1.82) is 0 Å². The number of hydrogen-bond donors (Lipinski definition) is 2. The van der Waals surface area contributed by atoms with Crippen LogP contribution in [0.1, 0.15) is 0 Å². The summed E-state index contributed by atoms with van der Waals surface area (Å²) in [5.74, 6) is 0.471. The van der Waals surface area contributed by atoms with Gasteiger partial charge in [0.25, 0.3) is 0 Å². The molecule has 0 unspecified atom stereocenters. The van der Waals surface area contributed by atoms with Crippen LogP contribution in [0, 0.1) is 0 Å². The van der Waals surface area contributed by atoms with Crippen LogP contribution < -0.4 is 5.73 Å². The van der Waals surface area contributed by atoms with Crippen molar-refractivity contribution in [1.82, 2.24) is 15.2 Å². The van der Waals surface area contributed by atoms with E-state index in [1.165, 1.54) is 0 Å². The Morgan fingerprint density at radius 2 is 2.00 bits per heavy atom. The minimum atomic E-state index is 0.471. The number of aromatic amines is 1. The van der Waals surface area contributed by atoms with Gasteiger partial charge in [-0.3, -0.25) is 10.1 Å². The standard InChI is InChI=1S/C14H11BrN4/c15-10-5-3-4-9(8-10)12-13(18-19-14(12)16)11-6-1-2-7-17-11/h1-8H,(H3,16,18,19). The lowest BCUT2D eigenvalue weighted by Crippen LogP contribution is -1.89. The van der Waals surface area contributed by atoms with Crippen LogP contribution in [-0.4, -0.2) is 15.2 Å². The maximum Gasteiger partial charge on any atom is 0.153 e. The van der Waals surface area contributed by atoms with Crippen LogP contribution in [0.25, 0.3) is 22.5 Å². The second-order valence-electron chi connectivity index (χ2n) is 4.08. The van der Waals surface area contributed by atoms with Gasteiger partial charge in [-0.05, 0) is 29.8 Å². The highest BCUT2D eigenvalue weighted by atomic mass is 79.9. The van der Waals surface area contributed by atoms with E-state index in [0.29, 0.717) is 5.82 Å². The third kappa shape index (κ3) is 2.24. The molecule has 5 heteroatoms. The summed E-state index contributed by atoms with van der Waals surface area (Å²) in [7, 11) is 0. The summed E-state index contributed by atoms with van der Waals surface area (Å²) in [5, 5.41) is 7.05. The molecular weight excluding hydrogens is 304 g/mol. The van der Waals surface area contributed by atoms with Gasteiger partial charge in [0.2, 0.25) is 0 Å². The van der Waals surface area contributed by atoms with Crippen molar-refractivity contribution in [2.24, 2.45) is 0 Å². The van der Waals surface area contributed by atoms with Gasteiger partial charge >= 0.3 is 0 Å². The highest BCUT2D eigenvalue weighted by Gasteiger charge is 2.15. The van der Waals surface area contributed by atoms with Crippen molar-refractivity contribution in [2.75, 3.05) is 5.73 Å². The first-order chi connectivity index (χ1) is 9.25. The molecule has 4 nitrogen and oxygen atoms in total. The first kappa shape index (κ1) is 11.9. The van der Waals surface area contributed by atoms with Crippen LogP contribution in [0.3, 0.4) is 0 Å². The smallest absolute Gasteiger partial charge is 0.153 e. The van der Waals surface area contributed by atoms with Crippen LogP contribution in [0.2, 0.25) is 0 Å². The van der Waals surface area contributed by atoms with E-state index in [0.717, 1.165) is 27.0 Å². The van der Waals surface area contributed by atoms with Gasteiger partial charge in [0.15, 0.2) is 5.82 Å². The van der Waals surface area contributed by atoms with Gasteiger partial charge in [0.1, 0.15) is 0 Å². The van der Waals surface area contributed by atoms with E-state index in [1.54, 1.807) is 6.20 Å². The molecule has 3 N–H and O–H groups in total. The summed E-state index contributed by atoms with van der Waals surface area (Å²) in [6, 6.07) is 13.7. The number of pyridine rings is 1. The molecule has 0 radical (unpaired) electrons. The Morgan fingerprint density at radius 3 is 2.74 bits per heavy atom. The van der Waals surface area contributed by atoms with E-state index >= 15 is 0 Å². The second kappa shape index (κ2) is 4.85. The molecule has 0 amide bonds. The minimum Gasteiger partial charge on any atom is -0.382 e. The maximum atomic E-state index is 5.98. The average molecular weight is 315 g/mol. The molecule has 2 aromatic heterocycles. The fourth-order valence-corrected chi connectivity index (χ4v) is 2.39. The summed E-state index contributed by atoms with van der Waals surface area (Å²) in [4.78, 5) is 4.33. The highest BCUT2D eigenvalue weighted by molar-refractivity contribution is 9.10. The molecule has 0 saturated carbocycles. The fourth-order valence-electron chi connectivity index (χ4n) is 1.99. The Bertz CT molecular complexity index is 706. The normalized spacial score (nSPS) is 10.6. The van der Waals surface area contributed by atoms with Gasteiger partial charge in [-0.15, -0.1) is 0 Å². The van der Waals surface area contributed by atoms with Crippen LogP contribution in [0.15, 0.2) is 53.1 Å². The predicted octanol–water partition coefficient (Wildman–Crippen LogP) is 3.48. The third-order valence-electron chi connectivity index (χ3n) is 2.83. The molecule has 1 aromatic carbocycles. The van der Waals surface area contributed by atoms with Crippen molar-refractivity contribution in [3.05, 3.63) is 53.1 Å². The molecule has 2 heterocycles. The zero-order valence-electron chi connectivity index (χ0n) is 9.97. The number of nitrogens with one attached hydrogen (secondary N) is 1. The second-order valence-corrected chi connectivity index (χ2v) is 5.00. The van der Waals surface area contributed by atoms with E-state index in [1.807, 2.05) is 42.5 Å². The van der Waals surface area contributed by atoms with E-state index in [-0.39, 0.29) is 0 Å². The van der Waals surface area contributed by atoms with Crippen LogP contribution >= 0.6 is 15.9 Å². The summed E-state index contributed by atoms with van der Waals surface area (Å²) in [5.41, 5.74) is 9.50. The number of aromatic nitrogens is 3. The average Bonchev–Trinajstić information content (AvgIpc) is 2.82. The van der Waals surface area contributed by atoms with Crippen LogP contribution in [0.5, 0.6) is 0 Å². The number of nitrogens with two attached hydrogens (primary N) is 1. The Balaban J connectivity index is 2.20. The van der Waals surface area contributed by atoms with Gasteiger partial charge in [-0.2, -0.15) is 5.10 Å². The molecule has 0 bridgehead atoms. The van der Waals surface area contributed by atoms with E-state index in [9.17, 15) is 0 Å².